The van der Waals surface area contributed by atoms with Crippen LogP contribution in [0.4, 0.5) is 0 Å². The Hall–Kier alpha value is -1.16. The van der Waals surface area contributed by atoms with E-state index in [2.05, 4.69) is 38.7 Å². The largest absolute Gasteiger partial charge is 0.389 e. The van der Waals surface area contributed by atoms with Crippen molar-refractivity contribution in [1.82, 2.24) is 4.90 Å². The van der Waals surface area contributed by atoms with Gasteiger partial charge in [0.05, 0.1) is 6.10 Å². The van der Waals surface area contributed by atoms with E-state index in [4.69, 9.17) is 0 Å². The van der Waals surface area contributed by atoms with E-state index in [1.165, 1.54) is 19.3 Å². The van der Waals surface area contributed by atoms with Crippen molar-refractivity contribution in [1.29, 1.82) is 0 Å². The summed E-state index contributed by atoms with van der Waals surface area (Å²) in [5.41, 5.74) is 0.664. The highest BCUT2D eigenvalue weighted by Gasteiger charge is 2.50. The topological polar surface area (TPSA) is 57.6 Å². The van der Waals surface area contributed by atoms with E-state index in [9.17, 15) is 14.7 Å². The lowest BCUT2D eigenvalue weighted by molar-refractivity contribution is -0.132. The molecule has 0 aromatic heterocycles. The molecule has 2 aliphatic carbocycles. The third-order valence-corrected chi connectivity index (χ3v) is 8.73. The van der Waals surface area contributed by atoms with E-state index in [0.29, 0.717) is 47.3 Å². The molecular formula is C30H51NO3. The van der Waals surface area contributed by atoms with Crippen LogP contribution >= 0.6 is 0 Å². The first-order valence-electron chi connectivity index (χ1n) is 14.3. The van der Waals surface area contributed by atoms with Gasteiger partial charge in [-0.05, 0) is 61.7 Å². The van der Waals surface area contributed by atoms with E-state index >= 15 is 0 Å². The molecule has 0 aromatic carbocycles. The van der Waals surface area contributed by atoms with E-state index in [1.54, 1.807) is 0 Å². The molecule has 1 saturated heterocycles. The Balaban J connectivity index is 1.33. The molecule has 1 N–H and O–H groups in total. The van der Waals surface area contributed by atoms with Gasteiger partial charge >= 0.3 is 0 Å². The van der Waals surface area contributed by atoms with Gasteiger partial charge in [-0.2, -0.15) is 0 Å². The molecule has 2 bridgehead atoms. The lowest BCUT2D eigenvalue weighted by Gasteiger charge is -2.39. The fourth-order valence-corrected chi connectivity index (χ4v) is 7.40. The number of likely N-dealkylation sites (tertiary alicyclic amines) is 1. The Morgan fingerprint density at radius 3 is 2.65 bits per heavy atom. The van der Waals surface area contributed by atoms with Crippen LogP contribution in [0.1, 0.15) is 124 Å². The van der Waals surface area contributed by atoms with Crippen LogP contribution in [0.25, 0.3) is 0 Å². The van der Waals surface area contributed by atoms with Crippen LogP contribution in [-0.2, 0) is 9.59 Å². The van der Waals surface area contributed by atoms with Crippen molar-refractivity contribution in [3.8, 4) is 0 Å². The molecule has 1 aliphatic heterocycles. The second-order valence-corrected chi connectivity index (χ2v) is 12.9. The Bertz CT molecular complexity index is 714. The van der Waals surface area contributed by atoms with E-state index in [0.717, 1.165) is 70.8 Å². The lowest BCUT2D eigenvalue weighted by Crippen LogP contribution is -2.37. The number of carbonyl (C=O) groups excluding carboxylic acids is 2. The van der Waals surface area contributed by atoms with Crippen molar-refractivity contribution >= 4 is 11.7 Å². The van der Waals surface area contributed by atoms with Gasteiger partial charge in [0.15, 0.2) is 0 Å². The average molecular weight is 474 g/mol. The summed E-state index contributed by atoms with van der Waals surface area (Å²) >= 11 is 0. The molecule has 0 spiro atoms. The first-order chi connectivity index (χ1) is 16.1. The fourth-order valence-electron chi connectivity index (χ4n) is 7.40. The summed E-state index contributed by atoms with van der Waals surface area (Å²) < 4.78 is 0. The normalized spacial score (nSPS) is 31.5. The first kappa shape index (κ1) is 27.4. The highest BCUT2D eigenvalue weighted by Crippen LogP contribution is 2.52. The lowest BCUT2D eigenvalue weighted by atomic mass is 9.65. The van der Waals surface area contributed by atoms with Gasteiger partial charge in [-0.3, -0.25) is 9.59 Å². The quantitative estimate of drug-likeness (QED) is 0.235. The number of hydrogen-bond donors (Lipinski definition) is 1. The first-order valence-corrected chi connectivity index (χ1v) is 14.3. The summed E-state index contributed by atoms with van der Waals surface area (Å²) in [6, 6.07) is 0.449. The Morgan fingerprint density at radius 1 is 1.12 bits per heavy atom. The van der Waals surface area contributed by atoms with Gasteiger partial charge in [0.2, 0.25) is 5.91 Å². The van der Waals surface area contributed by atoms with Gasteiger partial charge in [-0.15, -0.1) is 0 Å². The van der Waals surface area contributed by atoms with Crippen LogP contribution in [0.5, 0.6) is 0 Å². The number of unbranched alkanes of at least 4 members (excludes halogenated alkanes) is 5. The second-order valence-electron chi connectivity index (χ2n) is 12.9. The molecule has 0 unspecified atom stereocenters. The number of allylic oxidation sites excluding steroid dienone is 1. The van der Waals surface area contributed by atoms with Gasteiger partial charge in [0, 0.05) is 31.3 Å². The number of fused-ring (bicyclic) bond motifs is 2. The number of nitrogens with zero attached hydrogens (tertiary/aromatic N) is 1. The van der Waals surface area contributed by atoms with Crippen LogP contribution < -0.4 is 0 Å². The van der Waals surface area contributed by atoms with Crippen LogP contribution in [0, 0.1) is 22.7 Å². The third-order valence-electron chi connectivity index (χ3n) is 8.73. The molecule has 3 rings (SSSR count). The fraction of sp³-hybridized carbons (Fsp3) is 0.867. The molecule has 5 atom stereocenters. The van der Waals surface area contributed by atoms with Crippen molar-refractivity contribution in [3.05, 3.63) is 12.2 Å². The number of ketones is 1. The summed E-state index contributed by atoms with van der Waals surface area (Å²) in [7, 11) is 0. The van der Waals surface area contributed by atoms with E-state index < -0.39 is 0 Å². The van der Waals surface area contributed by atoms with Crippen molar-refractivity contribution < 1.29 is 14.7 Å². The van der Waals surface area contributed by atoms with Crippen LogP contribution in [-0.4, -0.2) is 40.4 Å². The molecule has 34 heavy (non-hydrogen) atoms. The molecule has 194 valence electrons. The number of Topliss-reactive ketones (excluding diaryl/α,β-unsaturated/α-hetero) is 1. The highest BCUT2D eigenvalue weighted by atomic mass is 16.3. The molecule has 0 radical (unpaired) electrons. The van der Waals surface area contributed by atoms with Crippen molar-refractivity contribution in [3.63, 3.8) is 0 Å². The molecule has 0 aromatic rings. The zero-order chi connectivity index (χ0) is 24.8. The number of hydrogen-bond acceptors (Lipinski definition) is 3. The number of amides is 1. The van der Waals surface area contributed by atoms with Gasteiger partial charge in [0.25, 0.3) is 0 Å². The number of aliphatic hydroxyl groups excluding tert-OH is 1. The second kappa shape index (κ2) is 12.2. The number of carbonyl (C=O) groups is 2. The van der Waals surface area contributed by atoms with Crippen molar-refractivity contribution in [2.75, 3.05) is 6.54 Å². The smallest absolute Gasteiger partial charge is 0.222 e. The third kappa shape index (κ3) is 7.67. The predicted molar refractivity (Wildman–Crippen MR) is 139 cm³/mol. The summed E-state index contributed by atoms with van der Waals surface area (Å²) in [5.74, 6) is 1.20. The van der Waals surface area contributed by atoms with Crippen LogP contribution in [0.15, 0.2) is 12.2 Å². The molecule has 1 heterocycles. The van der Waals surface area contributed by atoms with Gasteiger partial charge < -0.3 is 10.0 Å². The van der Waals surface area contributed by atoms with Gasteiger partial charge in [0.1, 0.15) is 5.78 Å². The van der Waals surface area contributed by atoms with Gasteiger partial charge in [-0.25, -0.2) is 0 Å². The van der Waals surface area contributed by atoms with Crippen molar-refractivity contribution in [2.24, 2.45) is 22.7 Å². The summed E-state index contributed by atoms with van der Waals surface area (Å²) in [4.78, 5) is 27.6. The molecule has 2 saturated carbocycles. The predicted octanol–water partition coefficient (Wildman–Crippen LogP) is 6.85. The minimum absolute atomic E-state index is 0.133. The summed E-state index contributed by atoms with van der Waals surface area (Å²) in [6.45, 7) is 10.2. The zero-order valence-electron chi connectivity index (χ0n) is 22.5. The van der Waals surface area contributed by atoms with Gasteiger partial charge in [-0.1, -0.05) is 78.4 Å². The van der Waals surface area contributed by atoms with Crippen LogP contribution in [0.2, 0.25) is 0 Å². The maximum Gasteiger partial charge on any atom is 0.222 e. The Morgan fingerprint density at radius 2 is 1.88 bits per heavy atom. The Labute approximate surface area is 208 Å². The molecule has 4 nitrogen and oxygen atoms in total. The molecular weight excluding hydrogens is 422 g/mol. The highest BCUT2D eigenvalue weighted by molar-refractivity contribution is 5.83. The van der Waals surface area contributed by atoms with Crippen molar-refractivity contribution in [2.45, 2.75) is 136 Å². The summed E-state index contributed by atoms with van der Waals surface area (Å²) in [6.07, 6.45) is 18.9. The zero-order valence-corrected chi connectivity index (χ0v) is 22.5. The number of aliphatic hydroxyl groups is 1. The maximum atomic E-state index is 12.9. The van der Waals surface area contributed by atoms with E-state index in [1.807, 2.05) is 6.08 Å². The molecule has 3 aliphatic rings. The molecule has 1 amide bonds. The number of rotatable bonds is 13. The Kier molecular flexibility index (Phi) is 9.83. The minimum atomic E-state index is -0.371. The SMILES string of the molecule is CCCCC[C@H](O)/C=C/[C@H]1CCC(=O)[C@@H]1CCCCCCC(=O)N1C[C@]2(C)C[C@H]1CC(C)(C)C2. The summed E-state index contributed by atoms with van der Waals surface area (Å²) in [5, 5.41) is 10.2. The average Bonchev–Trinajstić information content (AvgIpc) is 3.23. The maximum absolute atomic E-state index is 12.9. The van der Waals surface area contributed by atoms with Crippen LogP contribution in [0.3, 0.4) is 0 Å². The monoisotopic (exact) mass is 473 g/mol. The minimum Gasteiger partial charge on any atom is -0.389 e. The standard InChI is InChI=1S/C30H51NO3/c1-5-6-9-12-25(32)17-15-23-16-18-27(33)26(23)13-10-7-8-11-14-28(34)31-22-30(4)20-24(31)19-29(2,3)21-30/h15,17,23-26,32H,5-14,16,18-22H2,1-4H3/b17-15+/t23-,24+,25-,26+,30+/m0/s1. The molecule has 3 fully saturated rings. The van der Waals surface area contributed by atoms with E-state index in [-0.39, 0.29) is 12.0 Å². The molecule has 4 heteroatoms.